The molecule has 0 spiro atoms. The molecule has 3 heteroatoms. The summed E-state index contributed by atoms with van der Waals surface area (Å²) in [5.41, 5.74) is 2.64. The lowest BCUT2D eigenvalue weighted by Crippen LogP contribution is -2.41. The van der Waals surface area contributed by atoms with Gasteiger partial charge in [-0.15, -0.1) is 0 Å². The van der Waals surface area contributed by atoms with Gasteiger partial charge in [0.1, 0.15) is 0 Å². The third-order valence-electron chi connectivity index (χ3n) is 4.08. The van der Waals surface area contributed by atoms with Gasteiger partial charge in [-0.2, -0.15) is 0 Å². The first-order valence-corrected chi connectivity index (χ1v) is 9.87. The summed E-state index contributed by atoms with van der Waals surface area (Å²) < 4.78 is 6.23. The van der Waals surface area contributed by atoms with Crippen molar-refractivity contribution >= 4 is 8.32 Å². The number of hydrogen-bond donors (Lipinski definition) is 1. The highest BCUT2D eigenvalue weighted by molar-refractivity contribution is 6.74. The van der Waals surface area contributed by atoms with Gasteiger partial charge in [-0.05, 0) is 43.0 Å². The highest BCUT2D eigenvalue weighted by Crippen LogP contribution is 2.37. The summed E-state index contributed by atoms with van der Waals surface area (Å²) in [4.78, 5) is 0. The average Bonchev–Trinajstić information content (AvgIpc) is 2.20. The lowest BCUT2D eigenvalue weighted by atomic mass is 9.96. The smallest absolute Gasteiger partial charge is 0.192 e. The Kier molecular flexibility index (Phi) is 6.83. The maximum absolute atomic E-state index is 9.13. The van der Waals surface area contributed by atoms with Crippen molar-refractivity contribution in [2.45, 2.75) is 66.1 Å². The SMILES string of the molecule is C/C(CO[Si](C)(C)C(C)(C)C)=C(/CCO)C(C)C. The Bertz CT molecular complexity index is 285. The second-order valence-corrected chi connectivity index (χ2v) is 11.8. The monoisotopic (exact) mass is 272 g/mol. The normalized spacial score (nSPS) is 15.0. The van der Waals surface area contributed by atoms with Crippen molar-refractivity contribution in [2.24, 2.45) is 5.92 Å². The van der Waals surface area contributed by atoms with Crippen LogP contribution < -0.4 is 0 Å². The quantitative estimate of drug-likeness (QED) is 0.575. The largest absolute Gasteiger partial charge is 0.413 e. The van der Waals surface area contributed by atoms with E-state index in [4.69, 9.17) is 9.53 Å². The Hall–Kier alpha value is -0.123. The van der Waals surface area contributed by atoms with Gasteiger partial charge >= 0.3 is 0 Å². The van der Waals surface area contributed by atoms with Crippen LogP contribution in [0.5, 0.6) is 0 Å². The van der Waals surface area contributed by atoms with Crippen LogP contribution in [0.3, 0.4) is 0 Å². The van der Waals surface area contributed by atoms with Gasteiger partial charge in [0.2, 0.25) is 0 Å². The summed E-state index contributed by atoms with van der Waals surface area (Å²) in [5, 5.41) is 9.38. The van der Waals surface area contributed by atoms with E-state index in [0.717, 1.165) is 6.42 Å². The van der Waals surface area contributed by atoms with Gasteiger partial charge in [-0.3, -0.25) is 0 Å². The van der Waals surface area contributed by atoms with E-state index in [1.165, 1.54) is 11.1 Å². The van der Waals surface area contributed by atoms with Crippen molar-refractivity contribution in [3.05, 3.63) is 11.1 Å². The molecule has 0 amide bonds. The average molecular weight is 273 g/mol. The maximum Gasteiger partial charge on any atom is 0.192 e. The van der Waals surface area contributed by atoms with Crippen molar-refractivity contribution in [3.8, 4) is 0 Å². The first-order chi connectivity index (χ1) is 8.03. The van der Waals surface area contributed by atoms with Gasteiger partial charge in [0.15, 0.2) is 8.32 Å². The molecule has 0 aromatic rings. The third kappa shape index (κ3) is 5.25. The molecule has 2 nitrogen and oxygen atoms in total. The minimum atomic E-state index is -1.67. The first kappa shape index (κ1) is 17.9. The second-order valence-electron chi connectivity index (χ2n) is 6.98. The van der Waals surface area contributed by atoms with E-state index >= 15 is 0 Å². The molecular formula is C15H32O2Si. The fourth-order valence-corrected chi connectivity index (χ4v) is 2.72. The Morgan fingerprint density at radius 3 is 2.06 bits per heavy atom. The van der Waals surface area contributed by atoms with Crippen molar-refractivity contribution in [2.75, 3.05) is 13.2 Å². The maximum atomic E-state index is 9.13. The van der Waals surface area contributed by atoms with E-state index in [1.54, 1.807) is 0 Å². The molecule has 1 N–H and O–H groups in total. The molecule has 0 aromatic carbocycles. The van der Waals surface area contributed by atoms with Crippen LogP contribution in [0.1, 0.15) is 48.0 Å². The molecule has 0 unspecified atom stereocenters. The van der Waals surface area contributed by atoms with Crippen LogP contribution in [0.4, 0.5) is 0 Å². The highest BCUT2D eigenvalue weighted by Gasteiger charge is 2.37. The summed E-state index contributed by atoms with van der Waals surface area (Å²) in [7, 11) is -1.67. The molecule has 0 atom stereocenters. The summed E-state index contributed by atoms with van der Waals surface area (Å²) in [6.07, 6.45) is 0.768. The van der Waals surface area contributed by atoms with Crippen LogP contribution >= 0.6 is 0 Å². The minimum Gasteiger partial charge on any atom is -0.413 e. The van der Waals surface area contributed by atoms with E-state index < -0.39 is 8.32 Å². The Morgan fingerprint density at radius 1 is 1.22 bits per heavy atom. The molecule has 0 bridgehead atoms. The van der Waals surface area contributed by atoms with Crippen LogP contribution in [0, 0.1) is 5.92 Å². The summed E-state index contributed by atoms with van der Waals surface area (Å²) in [5.74, 6) is 0.486. The molecule has 108 valence electrons. The van der Waals surface area contributed by atoms with Gasteiger partial charge in [-0.25, -0.2) is 0 Å². The lowest BCUT2D eigenvalue weighted by molar-refractivity contribution is 0.290. The molecule has 0 saturated carbocycles. The van der Waals surface area contributed by atoms with Crippen molar-refractivity contribution in [3.63, 3.8) is 0 Å². The molecule has 0 saturated heterocycles. The fraction of sp³-hybridized carbons (Fsp3) is 0.867. The molecular weight excluding hydrogens is 240 g/mol. The van der Waals surface area contributed by atoms with E-state index in [-0.39, 0.29) is 11.6 Å². The predicted molar refractivity (Wildman–Crippen MR) is 82.4 cm³/mol. The topological polar surface area (TPSA) is 29.5 Å². The molecule has 0 heterocycles. The Balaban J connectivity index is 4.75. The molecule has 0 radical (unpaired) electrons. The van der Waals surface area contributed by atoms with Crippen LogP contribution in [-0.4, -0.2) is 26.6 Å². The molecule has 0 aliphatic carbocycles. The van der Waals surface area contributed by atoms with E-state index in [1.807, 2.05) is 0 Å². The highest BCUT2D eigenvalue weighted by atomic mass is 28.4. The van der Waals surface area contributed by atoms with Gasteiger partial charge < -0.3 is 9.53 Å². The van der Waals surface area contributed by atoms with E-state index in [9.17, 15) is 0 Å². The summed E-state index contributed by atoms with van der Waals surface area (Å²) in [6, 6.07) is 0. The molecule has 0 fully saturated rings. The van der Waals surface area contributed by atoms with Gasteiger partial charge in [0.05, 0.1) is 6.61 Å². The van der Waals surface area contributed by atoms with E-state index in [0.29, 0.717) is 12.5 Å². The zero-order chi connectivity index (χ0) is 14.6. The van der Waals surface area contributed by atoms with Crippen LogP contribution in [-0.2, 0) is 4.43 Å². The third-order valence-corrected chi connectivity index (χ3v) is 8.56. The number of aliphatic hydroxyl groups excluding tert-OH is 1. The summed E-state index contributed by atoms with van der Waals surface area (Å²) >= 11 is 0. The van der Waals surface area contributed by atoms with Crippen molar-refractivity contribution < 1.29 is 9.53 Å². The van der Waals surface area contributed by atoms with Crippen LogP contribution in [0.2, 0.25) is 18.1 Å². The van der Waals surface area contributed by atoms with Crippen LogP contribution in [0.25, 0.3) is 0 Å². The van der Waals surface area contributed by atoms with Gasteiger partial charge in [0, 0.05) is 6.61 Å². The van der Waals surface area contributed by atoms with Crippen LogP contribution in [0.15, 0.2) is 11.1 Å². The van der Waals surface area contributed by atoms with E-state index in [2.05, 4.69) is 54.6 Å². The number of rotatable bonds is 6. The zero-order valence-electron chi connectivity index (χ0n) is 13.6. The Morgan fingerprint density at radius 2 is 1.72 bits per heavy atom. The first-order valence-electron chi connectivity index (χ1n) is 6.96. The molecule has 0 rings (SSSR count). The molecule has 0 aromatic heterocycles. The molecule has 0 aliphatic rings. The lowest BCUT2D eigenvalue weighted by Gasteiger charge is -2.36. The minimum absolute atomic E-state index is 0.227. The summed E-state index contributed by atoms with van der Waals surface area (Å²) in [6.45, 7) is 18.8. The fourth-order valence-electron chi connectivity index (χ4n) is 1.71. The zero-order valence-corrected chi connectivity index (χ0v) is 14.6. The standard InChI is InChI=1S/C15H32O2Si/c1-12(2)14(9-10-16)13(3)11-17-18(7,8)15(4,5)6/h12,16H,9-11H2,1-8H3/b14-13+. The predicted octanol–water partition coefficient (Wildman–Crippen LogP) is 4.36. The van der Waals surface area contributed by atoms with Crippen molar-refractivity contribution in [1.82, 2.24) is 0 Å². The van der Waals surface area contributed by atoms with Crippen molar-refractivity contribution in [1.29, 1.82) is 0 Å². The van der Waals surface area contributed by atoms with Gasteiger partial charge in [-0.1, -0.05) is 40.2 Å². The molecule has 18 heavy (non-hydrogen) atoms. The molecule has 0 aliphatic heterocycles. The number of aliphatic hydroxyl groups is 1. The second kappa shape index (κ2) is 6.87. The number of hydrogen-bond acceptors (Lipinski definition) is 2. The van der Waals surface area contributed by atoms with Gasteiger partial charge in [0.25, 0.3) is 0 Å². The Labute approximate surface area is 115 Å².